The standard InChI is InChI=1S/C14H15BrN4O/c1-16-13-7-6-12(17-18-13)14(20)19(2)9-10-4-3-5-11(15)8-10/h3-8H,9H2,1-2H3,(H,16,18). The van der Waals surface area contributed by atoms with Gasteiger partial charge in [-0.15, -0.1) is 10.2 Å². The van der Waals surface area contributed by atoms with Crippen molar-refractivity contribution in [2.45, 2.75) is 6.54 Å². The molecular weight excluding hydrogens is 320 g/mol. The molecule has 1 aromatic carbocycles. The molecule has 0 saturated carbocycles. The molecule has 1 N–H and O–H groups in total. The van der Waals surface area contributed by atoms with E-state index in [4.69, 9.17) is 0 Å². The summed E-state index contributed by atoms with van der Waals surface area (Å²) < 4.78 is 0.994. The van der Waals surface area contributed by atoms with Crippen molar-refractivity contribution in [1.82, 2.24) is 15.1 Å². The fourth-order valence-electron chi connectivity index (χ4n) is 1.76. The molecule has 5 nitrogen and oxygen atoms in total. The molecule has 1 amide bonds. The van der Waals surface area contributed by atoms with E-state index < -0.39 is 0 Å². The van der Waals surface area contributed by atoms with Crippen LogP contribution in [0, 0.1) is 0 Å². The lowest BCUT2D eigenvalue weighted by Gasteiger charge is -2.16. The fourth-order valence-corrected chi connectivity index (χ4v) is 2.20. The van der Waals surface area contributed by atoms with E-state index in [0.29, 0.717) is 18.1 Å². The van der Waals surface area contributed by atoms with Gasteiger partial charge in [-0.2, -0.15) is 0 Å². The number of carbonyl (C=O) groups is 1. The zero-order valence-corrected chi connectivity index (χ0v) is 12.9. The van der Waals surface area contributed by atoms with Crippen molar-refractivity contribution in [3.05, 3.63) is 52.1 Å². The van der Waals surface area contributed by atoms with E-state index in [-0.39, 0.29) is 5.91 Å². The molecule has 0 radical (unpaired) electrons. The first kappa shape index (κ1) is 14.5. The van der Waals surface area contributed by atoms with Crippen LogP contribution in [0.4, 0.5) is 5.82 Å². The molecule has 0 saturated heterocycles. The second-order valence-electron chi connectivity index (χ2n) is 4.34. The van der Waals surface area contributed by atoms with Crippen LogP contribution >= 0.6 is 15.9 Å². The molecular formula is C14H15BrN4O. The van der Waals surface area contributed by atoms with Gasteiger partial charge in [-0.25, -0.2) is 0 Å². The summed E-state index contributed by atoms with van der Waals surface area (Å²) in [5, 5.41) is 10.7. The highest BCUT2D eigenvalue weighted by Gasteiger charge is 2.14. The zero-order valence-electron chi connectivity index (χ0n) is 11.3. The molecule has 0 unspecified atom stereocenters. The average Bonchev–Trinajstić information content (AvgIpc) is 2.46. The second-order valence-corrected chi connectivity index (χ2v) is 5.26. The number of hydrogen-bond donors (Lipinski definition) is 1. The van der Waals surface area contributed by atoms with Crippen LogP contribution in [0.1, 0.15) is 16.1 Å². The number of carbonyl (C=O) groups excluding carboxylic acids is 1. The van der Waals surface area contributed by atoms with Crippen LogP contribution in [-0.2, 0) is 6.54 Å². The minimum Gasteiger partial charge on any atom is -0.372 e. The third kappa shape index (κ3) is 3.54. The lowest BCUT2D eigenvalue weighted by Crippen LogP contribution is -2.27. The number of rotatable bonds is 4. The van der Waals surface area contributed by atoms with Gasteiger partial charge in [0.15, 0.2) is 5.69 Å². The second kappa shape index (κ2) is 6.47. The van der Waals surface area contributed by atoms with E-state index >= 15 is 0 Å². The van der Waals surface area contributed by atoms with Gasteiger partial charge in [0, 0.05) is 25.1 Å². The van der Waals surface area contributed by atoms with Crippen molar-refractivity contribution in [3.8, 4) is 0 Å². The first-order valence-corrected chi connectivity index (χ1v) is 6.91. The van der Waals surface area contributed by atoms with Crippen LogP contribution in [0.15, 0.2) is 40.9 Å². The van der Waals surface area contributed by atoms with Crippen molar-refractivity contribution in [1.29, 1.82) is 0 Å². The number of nitrogens with one attached hydrogen (secondary N) is 1. The number of halogens is 1. The SMILES string of the molecule is CNc1ccc(C(=O)N(C)Cc2cccc(Br)c2)nn1. The van der Waals surface area contributed by atoms with E-state index in [1.54, 1.807) is 31.1 Å². The van der Waals surface area contributed by atoms with Crippen LogP contribution in [0.3, 0.4) is 0 Å². The molecule has 2 rings (SSSR count). The van der Waals surface area contributed by atoms with E-state index in [1.807, 2.05) is 24.3 Å². The van der Waals surface area contributed by atoms with Crippen molar-refractivity contribution >= 4 is 27.7 Å². The minimum atomic E-state index is -0.153. The van der Waals surface area contributed by atoms with Gasteiger partial charge in [-0.3, -0.25) is 4.79 Å². The molecule has 6 heteroatoms. The molecule has 2 aromatic rings. The Morgan fingerprint density at radius 1 is 1.30 bits per heavy atom. The van der Waals surface area contributed by atoms with Crippen molar-refractivity contribution in [3.63, 3.8) is 0 Å². The van der Waals surface area contributed by atoms with Crippen molar-refractivity contribution in [2.24, 2.45) is 0 Å². The molecule has 0 atom stereocenters. The molecule has 0 spiro atoms. The maximum absolute atomic E-state index is 12.2. The average molecular weight is 335 g/mol. The first-order valence-electron chi connectivity index (χ1n) is 6.11. The summed E-state index contributed by atoms with van der Waals surface area (Å²) in [6.07, 6.45) is 0. The Balaban J connectivity index is 2.07. The van der Waals surface area contributed by atoms with Crippen molar-refractivity contribution < 1.29 is 4.79 Å². The number of aromatic nitrogens is 2. The Morgan fingerprint density at radius 3 is 2.70 bits per heavy atom. The topological polar surface area (TPSA) is 58.1 Å². The van der Waals surface area contributed by atoms with Crippen LogP contribution in [-0.4, -0.2) is 35.1 Å². The van der Waals surface area contributed by atoms with Gasteiger partial charge >= 0.3 is 0 Å². The largest absolute Gasteiger partial charge is 0.372 e. The molecule has 0 aliphatic heterocycles. The quantitative estimate of drug-likeness (QED) is 0.933. The summed E-state index contributed by atoms with van der Waals surface area (Å²) in [5.74, 6) is 0.483. The highest BCUT2D eigenvalue weighted by molar-refractivity contribution is 9.10. The van der Waals surface area contributed by atoms with Gasteiger partial charge in [-0.1, -0.05) is 28.1 Å². The molecule has 1 aromatic heterocycles. The molecule has 0 aliphatic rings. The summed E-state index contributed by atoms with van der Waals surface area (Å²) in [6.45, 7) is 0.522. The molecule has 1 heterocycles. The van der Waals surface area contributed by atoms with Crippen LogP contribution in [0.25, 0.3) is 0 Å². The van der Waals surface area contributed by atoms with Crippen molar-refractivity contribution in [2.75, 3.05) is 19.4 Å². The number of amides is 1. The van der Waals surface area contributed by atoms with E-state index in [1.165, 1.54) is 0 Å². The van der Waals surface area contributed by atoms with Gasteiger partial charge in [0.1, 0.15) is 5.82 Å². The zero-order chi connectivity index (χ0) is 14.5. The minimum absolute atomic E-state index is 0.153. The Labute approximate surface area is 126 Å². The summed E-state index contributed by atoms with van der Waals surface area (Å²) in [6, 6.07) is 11.3. The van der Waals surface area contributed by atoms with Gasteiger partial charge in [0.05, 0.1) is 0 Å². The van der Waals surface area contributed by atoms with Crippen LogP contribution in [0.5, 0.6) is 0 Å². The first-order chi connectivity index (χ1) is 9.60. The number of nitrogens with zero attached hydrogens (tertiary/aromatic N) is 3. The number of hydrogen-bond acceptors (Lipinski definition) is 4. The van der Waals surface area contributed by atoms with Gasteiger partial charge in [0.2, 0.25) is 0 Å². The summed E-state index contributed by atoms with van der Waals surface area (Å²) >= 11 is 3.42. The van der Waals surface area contributed by atoms with Gasteiger partial charge in [-0.05, 0) is 29.8 Å². The Bertz CT molecular complexity index is 600. The summed E-state index contributed by atoms with van der Waals surface area (Å²) in [5.41, 5.74) is 1.39. The molecule has 20 heavy (non-hydrogen) atoms. The van der Waals surface area contributed by atoms with Gasteiger partial charge in [0.25, 0.3) is 5.91 Å². The molecule has 104 valence electrons. The lowest BCUT2D eigenvalue weighted by atomic mass is 10.2. The molecule has 0 fully saturated rings. The van der Waals surface area contributed by atoms with Crippen LogP contribution in [0.2, 0.25) is 0 Å². The Hall–Kier alpha value is -1.95. The van der Waals surface area contributed by atoms with Gasteiger partial charge < -0.3 is 10.2 Å². The predicted molar refractivity (Wildman–Crippen MR) is 81.5 cm³/mol. The Kier molecular flexibility index (Phi) is 4.68. The summed E-state index contributed by atoms with van der Waals surface area (Å²) in [7, 11) is 3.50. The van der Waals surface area contributed by atoms with E-state index in [9.17, 15) is 4.79 Å². The third-order valence-corrected chi connectivity index (χ3v) is 3.29. The summed E-state index contributed by atoms with van der Waals surface area (Å²) in [4.78, 5) is 13.8. The number of benzene rings is 1. The van der Waals surface area contributed by atoms with Crippen LogP contribution < -0.4 is 5.32 Å². The predicted octanol–water partition coefficient (Wildman–Crippen LogP) is 2.55. The number of anilines is 1. The normalized spacial score (nSPS) is 10.2. The Morgan fingerprint density at radius 2 is 2.10 bits per heavy atom. The third-order valence-electron chi connectivity index (χ3n) is 2.80. The molecule has 0 aliphatic carbocycles. The fraction of sp³-hybridized carbons (Fsp3) is 0.214. The van der Waals surface area contributed by atoms with E-state index in [2.05, 4.69) is 31.4 Å². The monoisotopic (exact) mass is 334 g/mol. The lowest BCUT2D eigenvalue weighted by molar-refractivity contribution is 0.0778. The highest BCUT2D eigenvalue weighted by Crippen LogP contribution is 2.14. The van der Waals surface area contributed by atoms with E-state index in [0.717, 1.165) is 10.0 Å². The highest BCUT2D eigenvalue weighted by atomic mass is 79.9. The smallest absolute Gasteiger partial charge is 0.274 e. The maximum Gasteiger partial charge on any atom is 0.274 e. The molecule has 0 bridgehead atoms. The maximum atomic E-state index is 12.2.